The van der Waals surface area contributed by atoms with E-state index in [1.807, 2.05) is 17.9 Å². The van der Waals surface area contributed by atoms with Gasteiger partial charge in [0.2, 0.25) is 10.0 Å². The van der Waals surface area contributed by atoms with Gasteiger partial charge in [0.1, 0.15) is 16.4 Å². The minimum absolute atomic E-state index is 0.0956. The van der Waals surface area contributed by atoms with Gasteiger partial charge >= 0.3 is 0 Å². The van der Waals surface area contributed by atoms with E-state index in [0.29, 0.717) is 44.5 Å². The predicted octanol–water partition coefficient (Wildman–Crippen LogP) is 3.43. The Morgan fingerprint density at radius 2 is 1.68 bits per heavy atom. The lowest BCUT2D eigenvalue weighted by Crippen LogP contribution is -2.49. The third-order valence-electron chi connectivity index (χ3n) is 7.16. The number of aromatic nitrogens is 1. The Morgan fingerprint density at radius 3 is 2.29 bits per heavy atom. The molecule has 0 amide bonds. The maximum Gasteiger partial charge on any atom is 0.246 e. The first-order valence-corrected chi connectivity index (χ1v) is 13.4. The van der Waals surface area contributed by atoms with E-state index in [1.165, 1.54) is 50.3 Å². The van der Waals surface area contributed by atoms with Crippen LogP contribution in [0.4, 0.5) is 0 Å². The standard InChI is InChI=1S/C25H35N3O5S/c1-18-15-22(19(2)28(18)20-7-5-6-8-20)23(29)17-26-11-13-27(14-12-26)34(30,31)25-16-21(32-3)9-10-24(25)33-4/h9-10,15-16,20H,5-8,11-14,17H2,1-4H3. The molecule has 0 bridgehead atoms. The molecule has 4 rings (SSSR count). The van der Waals surface area contributed by atoms with E-state index >= 15 is 0 Å². The van der Waals surface area contributed by atoms with Crippen LogP contribution in [-0.2, 0) is 10.0 Å². The molecule has 8 nitrogen and oxygen atoms in total. The van der Waals surface area contributed by atoms with Crippen molar-refractivity contribution in [2.24, 2.45) is 0 Å². The molecule has 0 spiro atoms. The van der Waals surface area contributed by atoms with E-state index in [1.54, 1.807) is 12.1 Å². The minimum Gasteiger partial charge on any atom is -0.497 e. The highest BCUT2D eigenvalue weighted by molar-refractivity contribution is 7.89. The molecule has 1 aromatic heterocycles. The monoisotopic (exact) mass is 489 g/mol. The molecule has 1 saturated carbocycles. The molecule has 186 valence electrons. The average molecular weight is 490 g/mol. The fraction of sp³-hybridized carbons (Fsp3) is 0.560. The van der Waals surface area contributed by atoms with Crippen molar-refractivity contribution < 1.29 is 22.7 Å². The number of methoxy groups -OCH3 is 2. The summed E-state index contributed by atoms with van der Waals surface area (Å²) in [6.07, 6.45) is 4.86. The zero-order valence-electron chi connectivity index (χ0n) is 20.5. The van der Waals surface area contributed by atoms with Crippen LogP contribution in [0.15, 0.2) is 29.2 Å². The maximum atomic E-state index is 13.3. The van der Waals surface area contributed by atoms with Crippen molar-refractivity contribution in [1.82, 2.24) is 13.8 Å². The van der Waals surface area contributed by atoms with Crippen molar-refractivity contribution in [2.75, 3.05) is 46.9 Å². The highest BCUT2D eigenvalue weighted by Gasteiger charge is 2.32. The van der Waals surface area contributed by atoms with Crippen LogP contribution in [0.2, 0.25) is 0 Å². The van der Waals surface area contributed by atoms with Gasteiger partial charge in [-0.05, 0) is 44.9 Å². The van der Waals surface area contributed by atoms with Gasteiger partial charge in [-0.1, -0.05) is 12.8 Å². The number of piperazine rings is 1. The lowest BCUT2D eigenvalue weighted by Gasteiger charge is -2.33. The summed E-state index contributed by atoms with van der Waals surface area (Å²) in [4.78, 5) is 15.3. The normalized spacial score (nSPS) is 18.4. The van der Waals surface area contributed by atoms with Crippen LogP contribution in [0.5, 0.6) is 11.5 Å². The first kappa shape index (κ1) is 24.8. The smallest absolute Gasteiger partial charge is 0.246 e. The highest BCUT2D eigenvalue weighted by Crippen LogP contribution is 2.34. The third kappa shape index (κ3) is 4.74. The van der Waals surface area contributed by atoms with E-state index in [2.05, 4.69) is 11.5 Å². The van der Waals surface area contributed by atoms with Gasteiger partial charge in [0.25, 0.3) is 0 Å². The van der Waals surface area contributed by atoms with Gasteiger partial charge in [0.05, 0.1) is 20.8 Å². The summed E-state index contributed by atoms with van der Waals surface area (Å²) < 4.78 is 40.9. The number of aryl methyl sites for hydroxylation is 1. The van der Waals surface area contributed by atoms with Crippen LogP contribution in [0.1, 0.15) is 53.5 Å². The molecule has 34 heavy (non-hydrogen) atoms. The number of benzene rings is 1. The van der Waals surface area contributed by atoms with Crippen molar-refractivity contribution in [1.29, 1.82) is 0 Å². The highest BCUT2D eigenvalue weighted by atomic mass is 32.2. The van der Waals surface area contributed by atoms with Crippen LogP contribution in [-0.4, -0.2) is 74.9 Å². The molecule has 0 radical (unpaired) electrons. The van der Waals surface area contributed by atoms with Crippen LogP contribution in [0.25, 0.3) is 0 Å². The summed E-state index contributed by atoms with van der Waals surface area (Å²) in [6.45, 7) is 6.06. The molecule has 1 aliphatic heterocycles. The van der Waals surface area contributed by atoms with Gasteiger partial charge in [0.15, 0.2) is 5.78 Å². The Balaban J connectivity index is 1.42. The first-order valence-electron chi connectivity index (χ1n) is 11.9. The van der Waals surface area contributed by atoms with Crippen LogP contribution in [0.3, 0.4) is 0 Å². The molecule has 0 atom stereocenters. The zero-order valence-corrected chi connectivity index (χ0v) is 21.4. The second-order valence-corrected chi connectivity index (χ2v) is 11.1. The second kappa shape index (κ2) is 10.1. The van der Waals surface area contributed by atoms with Crippen molar-refractivity contribution in [3.63, 3.8) is 0 Å². The second-order valence-electron chi connectivity index (χ2n) is 9.21. The quantitative estimate of drug-likeness (QED) is 0.529. The summed E-state index contributed by atoms with van der Waals surface area (Å²) in [5.74, 6) is 0.845. The molecule has 2 aromatic rings. The van der Waals surface area contributed by atoms with Crippen molar-refractivity contribution in [3.8, 4) is 11.5 Å². The number of Topliss-reactive ketones (excluding diaryl/α,β-unsaturated/α-hetero) is 1. The largest absolute Gasteiger partial charge is 0.497 e. The van der Waals surface area contributed by atoms with Crippen molar-refractivity contribution in [2.45, 2.75) is 50.5 Å². The van der Waals surface area contributed by atoms with E-state index in [-0.39, 0.29) is 16.4 Å². The molecule has 2 aliphatic rings. The molecule has 2 fully saturated rings. The Kier molecular flexibility index (Phi) is 7.35. The molecule has 0 N–H and O–H groups in total. The van der Waals surface area contributed by atoms with Gasteiger partial charge < -0.3 is 14.0 Å². The lowest BCUT2D eigenvalue weighted by molar-refractivity contribution is 0.0901. The molecule has 1 aromatic carbocycles. The van der Waals surface area contributed by atoms with Gasteiger partial charge in [-0.15, -0.1) is 0 Å². The van der Waals surface area contributed by atoms with E-state index in [0.717, 1.165) is 17.0 Å². The predicted molar refractivity (Wildman–Crippen MR) is 130 cm³/mol. The third-order valence-corrected chi connectivity index (χ3v) is 9.08. The van der Waals surface area contributed by atoms with Gasteiger partial charge in [-0.3, -0.25) is 9.69 Å². The maximum absolute atomic E-state index is 13.3. The Hall–Kier alpha value is -2.36. The molecule has 0 unspecified atom stereocenters. The number of ether oxygens (including phenoxy) is 2. The Labute approximate surface area is 202 Å². The SMILES string of the molecule is COc1ccc(OC)c(S(=O)(=O)N2CCN(CC(=O)c3cc(C)n(C4CCCC4)c3C)CC2)c1. The summed E-state index contributed by atoms with van der Waals surface area (Å²) in [7, 11) is -0.795. The Bertz CT molecular complexity index is 1140. The molecule has 1 saturated heterocycles. The number of sulfonamides is 1. The summed E-state index contributed by atoms with van der Waals surface area (Å²) >= 11 is 0. The molecule has 2 heterocycles. The van der Waals surface area contributed by atoms with Gasteiger partial charge in [0, 0.05) is 55.2 Å². The lowest BCUT2D eigenvalue weighted by atomic mass is 10.1. The van der Waals surface area contributed by atoms with Crippen LogP contribution >= 0.6 is 0 Å². The minimum atomic E-state index is -3.75. The average Bonchev–Trinajstić information content (AvgIpc) is 3.46. The topological polar surface area (TPSA) is 81.1 Å². The van der Waals surface area contributed by atoms with Gasteiger partial charge in [-0.2, -0.15) is 4.31 Å². The van der Waals surface area contributed by atoms with E-state index in [9.17, 15) is 13.2 Å². The van der Waals surface area contributed by atoms with Crippen LogP contribution < -0.4 is 9.47 Å². The molecular formula is C25H35N3O5S. The van der Waals surface area contributed by atoms with E-state index < -0.39 is 10.0 Å². The first-order chi connectivity index (χ1) is 16.3. The number of nitrogens with zero attached hydrogens (tertiary/aromatic N) is 3. The number of hydrogen-bond donors (Lipinski definition) is 0. The zero-order chi connectivity index (χ0) is 24.5. The summed E-state index contributed by atoms with van der Waals surface area (Å²) in [5, 5.41) is 0. The number of rotatable bonds is 8. The van der Waals surface area contributed by atoms with Gasteiger partial charge in [-0.25, -0.2) is 8.42 Å². The van der Waals surface area contributed by atoms with E-state index in [4.69, 9.17) is 9.47 Å². The number of carbonyl (C=O) groups excluding carboxylic acids is 1. The Morgan fingerprint density at radius 1 is 1.00 bits per heavy atom. The fourth-order valence-electron chi connectivity index (χ4n) is 5.32. The van der Waals surface area contributed by atoms with Crippen LogP contribution in [0, 0.1) is 13.8 Å². The van der Waals surface area contributed by atoms with Crippen molar-refractivity contribution >= 4 is 15.8 Å². The molecule has 1 aliphatic carbocycles. The molecular weight excluding hydrogens is 454 g/mol. The molecule has 9 heteroatoms. The van der Waals surface area contributed by atoms with Crippen molar-refractivity contribution in [3.05, 3.63) is 41.2 Å². The fourth-order valence-corrected chi connectivity index (χ4v) is 6.92. The number of ketones is 1. The summed E-state index contributed by atoms with van der Waals surface area (Å²) in [5.41, 5.74) is 3.00. The number of hydrogen-bond acceptors (Lipinski definition) is 6. The summed E-state index contributed by atoms with van der Waals surface area (Å²) in [6, 6.07) is 7.29. The number of carbonyl (C=O) groups is 1.